The average molecular weight is 354 g/mol. The summed E-state index contributed by atoms with van der Waals surface area (Å²) in [7, 11) is 3.27. The van der Waals surface area contributed by atoms with E-state index in [4.69, 9.17) is 25.8 Å². The van der Waals surface area contributed by atoms with Gasteiger partial charge in [0.2, 0.25) is 0 Å². The lowest BCUT2D eigenvalue weighted by molar-refractivity contribution is 0.0281. The van der Waals surface area contributed by atoms with Gasteiger partial charge in [-0.25, -0.2) is 0 Å². The Morgan fingerprint density at radius 3 is 2.75 bits per heavy atom. The number of carbonyl (C=O) groups is 1. The molecule has 1 spiro atoms. The summed E-state index contributed by atoms with van der Waals surface area (Å²) in [5, 5.41) is 0.462. The standard InChI is InChI=1S/C18H24ClNO4/c1-22-11-14-10-18(12-24-14)5-7-20(8-6-18)17(21)13-3-4-16(23-2)15(19)9-13/h3-4,9,14H,5-8,10-12H2,1-2H3/t14-/m1/s1. The average Bonchev–Trinajstić information content (AvgIpc) is 2.98. The van der Waals surface area contributed by atoms with E-state index < -0.39 is 0 Å². The fourth-order valence-electron chi connectivity index (χ4n) is 3.70. The first-order chi connectivity index (χ1) is 11.6. The zero-order valence-corrected chi connectivity index (χ0v) is 15.0. The Bertz CT molecular complexity index is 599. The number of piperidine rings is 1. The molecule has 0 bridgehead atoms. The van der Waals surface area contributed by atoms with Crippen molar-refractivity contribution in [3.63, 3.8) is 0 Å². The van der Waals surface area contributed by atoms with Crippen LogP contribution in [0.1, 0.15) is 29.6 Å². The van der Waals surface area contributed by atoms with Crippen molar-refractivity contribution in [1.29, 1.82) is 0 Å². The van der Waals surface area contributed by atoms with Crippen molar-refractivity contribution in [2.45, 2.75) is 25.4 Å². The molecule has 2 fully saturated rings. The Hall–Kier alpha value is -1.30. The topological polar surface area (TPSA) is 48.0 Å². The lowest BCUT2D eigenvalue weighted by Gasteiger charge is -2.38. The maximum absolute atomic E-state index is 12.7. The van der Waals surface area contributed by atoms with Crippen LogP contribution in [0.15, 0.2) is 18.2 Å². The fourth-order valence-corrected chi connectivity index (χ4v) is 3.96. The molecule has 5 nitrogen and oxygen atoms in total. The van der Waals surface area contributed by atoms with Crippen LogP contribution in [-0.4, -0.2) is 57.4 Å². The van der Waals surface area contributed by atoms with Gasteiger partial charge in [-0.05, 0) is 42.9 Å². The highest BCUT2D eigenvalue weighted by Crippen LogP contribution is 2.42. The van der Waals surface area contributed by atoms with E-state index in [1.807, 2.05) is 4.90 Å². The van der Waals surface area contributed by atoms with E-state index in [-0.39, 0.29) is 17.4 Å². The summed E-state index contributed by atoms with van der Waals surface area (Å²) >= 11 is 6.13. The molecule has 132 valence electrons. The number of amides is 1. The van der Waals surface area contributed by atoms with Crippen LogP contribution in [-0.2, 0) is 9.47 Å². The molecule has 0 N–H and O–H groups in total. The number of carbonyl (C=O) groups excluding carboxylic acids is 1. The molecule has 2 aliphatic rings. The van der Waals surface area contributed by atoms with Crippen molar-refractivity contribution in [2.75, 3.05) is 40.5 Å². The van der Waals surface area contributed by atoms with Gasteiger partial charge in [0, 0.05) is 25.8 Å². The molecule has 2 aliphatic heterocycles. The maximum Gasteiger partial charge on any atom is 0.253 e. The highest BCUT2D eigenvalue weighted by molar-refractivity contribution is 6.32. The summed E-state index contributed by atoms with van der Waals surface area (Å²) in [6.07, 6.45) is 3.17. The fraction of sp³-hybridized carbons (Fsp3) is 0.611. The van der Waals surface area contributed by atoms with E-state index in [0.29, 0.717) is 22.9 Å². The number of nitrogens with zero attached hydrogens (tertiary/aromatic N) is 1. The number of methoxy groups -OCH3 is 2. The first kappa shape index (κ1) is 17.5. The predicted molar refractivity (Wildman–Crippen MR) is 91.8 cm³/mol. The highest BCUT2D eigenvalue weighted by atomic mass is 35.5. The Morgan fingerprint density at radius 2 is 2.12 bits per heavy atom. The van der Waals surface area contributed by atoms with Gasteiger partial charge < -0.3 is 19.1 Å². The maximum atomic E-state index is 12.7. The minimum atomic E-state index is 0.0294. The van der Waals surface area contributed by atoms with Crippen LogP contribution < -0.4 is 4.74 Å². The number of benzene rings is 1. The van der Waals surface area contributed by atoms with Gasteiger partial charge in [-0.1, -0.05) is 11.6 Å². The van der Waals surface area contributed by atoms with Crippen molar-refractivity contribution in [3.8, 4) is 5.75 Å². The molecule has 2 saturated heterocycles. The normalized spacial score (nSPS) is 22.8. The summed E-state index contributed by atoms with van der Waals surface area (Å²) in [6, 6.07) is 5.19. The third kappa shape index (κ3) is 3.53. The van der Waals surface area contributed by atoms with Crippen LogP contribution >= 0.6 is 11.6 Å². The second-order valence-electron chi connectivity index (χ2n) is 6.73. The molecule has 1 aromatic rings. The van der Waals surface area contributed by atoms with Crippen molar-refractivity contribution in [3.05, 3.63) is 28.8 Å². The van der Waals surface area contributed by atoms with E-state index in [0.717, 1.165) is 39.0 Å². The largest absolute Gasteiger partial charge is 0.495 e. The second-order valence-corrected chi connectivity index (χ2v) is 7.14. The lowest BCUT2D eigenvalue weighted by atomic mass is 9.76. The summed E-state index contributed by atoms with van der Waals surface area (Å²) in [5.41, 5.74) is 0.814. The van der Waals surface area contributed by atoms with E-state index >= 15 is 0 Å². The molecular formula is C18H24ClNO4. The summed E-state index contributed by atoms with van der Waals surface area (Å²) in [6.45, 7) is 2.93. The molecular weight excluding hydrogens is 330 g/mol. The number of likely N-dealkylation sites (tertiary alicyclic amines) is 1. The number of hydrogen-bond acceptors (Lipinski definition) is 4. The third-order valence-corrected chi connectivity index (χ3v) is 5.44. The zero-order valence-electron chi connectivity index (χ0n) is 14.2. The Morgan fingerprint density at radius 1 is 1.38 bits per heavy atom. The van der Waals surface area contributed by atoms with Crippen LogP contribution in [0.4, 0.5) is 0 Å². The molecule has 0 unspecified atom stereocenters. The van der Waals surface area contributed by atoms with Crippen LogP contribution in [0.2, 0.25) is 5.02 Å². The molecule has 0 saturated carbocycles. The van der Waals surface area contributed by atoms with E-state index in [9.17, 15) is 4.79 Å². The number of ether oxygens (including phenoxy) is 3. The van der Waals surface area contributed by atoms with Crippen molar-refractivity contribution in [2.24, 2.45) is 5.41 Å². The molecule has 0 aliphatic carbocycles. The van der Waals surface area contributed by atoms with E-state index in [1.165, 1.54) is 0 Å². The van der Waals surface area contributed by atoms with Gasteiger partial charge in [0.1, 0.15) is 5.75 Å². The van der Waals surface area contributed by atoms with Gasteiger partial charge in [-0.15, -0.1) is 0 Å². The van der Waals surface area contributed by atoms with E-state index in [2.05, 4.69) is 0 Å². The first-order valence-electron chi connectivity index (χ1n) is 8.30. The molecule has 24 heavy (non-hydrogen) atoms. The van der Waals surface area contributed by atoms with Crippen LogP contribution in [0.5, 0.6) is 5.75 Å². The molecule has 2 heterocycles. The SMILES string of the molecule is COC[C@H]1CC2(CCN(C(=O)c3ccc(OC)c(Cl)c3)CC2)CO1. The van der Waals surface area contributed by atoms with E-state index in [1.54, 1.807) is 32.4 Å². The quantitative estimate of drug-likeness (QED) is 0.834. The highest BCUT2D eigenvalue weighted by Gasteiger charge is 2.43. The first-order valence-corrected chi connectivity index (χ1v) is 8.68. The van der Waals surface area contributed by atoms with Gasteiger partial charge in [0.15, 0.2) is 0 Å². The Kier molecular flexibility index (Phi) is 5.33. The second kappa shape index (κ2) is 7.30. The number of hydrogen-bond donors (Lipinski definition) is 0. The van der Waals surface area contributed by atoms with Crippen LogP contribution in [0.25, 0.3) is 0 Å². The Labute approximate surface area is 147 Å². The molecule has 1 aromatic carbocycles. The summed E-state index contributed by atoms with van der Waals surface area (Å²) < 4.78 is 16.2. The summed E-state index contributed by atoms with van der Waals surface area (Å²) in [5.74, 6) is 0.611. The number of halogens is 1. The van der Waals surface area contributed by atoms with Crippen LogP contribution in [0.3, 0.4) is 0 Å². The number of rotatable bonds is 4. The molecule has 0 aromatic heterocycles. The van der Waals surface area contributed by atoms with Gasteiger partial charge in [-0.3, -0.25) is 4.79 Å². The molecule has 6 heteroatoms. The lowest BCUT2D eigenvalue weighted by Crippen LogP contribution is -2.43. The van der Waals surface area contributed by atoms with Gasteiger partial charge in [0.05, 0.1) is 31.5 Å². The monoisotopic (exact) mass is 353 g/mol. The minimum Gasteiger partial charge on any atom is -0.495 e. The van der Waals surface area contributed by atoms with Crippen molar-refractivity contribution >= 4 is 17.5 Å². The van der Waals surface area contributed by atoms with Gasteiger partial charge in [0.25, 0.3) is 5.91 Å². The predicted octanol–water partition coefficient (Wildman–Crippen LogP) is 3.01. The van der Waals surface area contributed by atoms with Crippen molar-refractivity contribution in [1.82, 2.24) is 4.90 Å². The molecule has 1 atom stereocenters. The third-order valence-electron chi connectivity index (χ3n) is 5.15. The Balaban J connectivity index is 1.60. The molecule has 0 radical (unpaired) electrons. The van der Waals surface area contributed by atoms with Crippen LogP contribution in [0, 0.1) is 5.41 Å². The molecule has 3 rings (SSSR count). The van der Waals surface area contributed by atoms with Gasteiger partial charge in [-0.2, -0.15) is 0 Å². The zero-order chi connectivity index (χ0) is 17.2. The van der Waals surface area contributed by atoms with Crippen molar-refractivity contribution < 1.29 is 19.0 Å². The smallest absolute Gasteiger partial charge is 0.253 e. The summed E-state index contributed by atoms with van der Waals surface area (Å²) in [4.78, 5) is 14.6. The molecule has 1 amide bonds. The van der Waals surface area contributed by atoms with Gasteiger partial charge >= 0.3 is 0 Å². The minimum absolute atomic E-state index is 0.0294.